The van der Waals surface area contributed by atoms with E-state index in [0.717, 1.165) is 0 Å². The van der Waals surface area contributed by atoms with Gasteiger partial charge < -0.3 is 0 Å². The molecular weight excluding hydrogens is 766 g/mol. The molecule has 0 radical (unpaired) electrons. The predicted molar refractivity (Wildman–Crippen MR) is 204 cm³/mol. The van der Waals surface area contributed by atoms with Crippen LogP contribution in [0.5, 0.6) is 0 Å². The van der Waals surface area contributed by atoms with Gasteiger partial charge in [0.1, 0.15) is 0 Å². The Balaban J connectivity index is 0.000000181. The van der Waals surface area contributed by atoms with Crippen LogP contribution >= 0.6 is 17.2 Å². The Labute approximate surface area is 294 Å². The van der Waals surface area contributed by atoms with Crippen LogP contribution in [-0.2, 0) is 29.4 Å². The van der Waals surface area contributed by atoms with Gasteiger partial charge in [0.2, 0.25) is 0 Å². The molecule has 0 amide bonds. The average Bonchev–Trinajstić information content (AvgIpc) is 3.65. The molecule has 0 aliphatic heterocycles. The van der Waals surface area contributed by atoms with Crippen LogP contribution in [0.25, 0.3) is 21.5 Å². The second-order valence-electron chi connectivity index (χ2n) is 15.7. The van der Waals surface area contributed by atoms with Crippen LogP contribution in [0.1, 0.15) is 128 Å². The van der Waals surface area contributed by atoms with Crippen LogP contribution in [0, 0.1) is 5.92 Å². The Morgan fingerprint density at radius 1 is 0.696 bits per heavy atom. The number of hydrogen-bond acceptors (Lipinski definition) is 0. The minimum absolute atomic E-state index is 0.203. The van der Waals surface area contributed by atoms with E-state index in [0.29, 0.717) is 17.8 Å². The second kappa shape index (κ2) is 15.6. The molecular formula is C43H54Cl2Hf-2. The average molecular weight is 820 g/mol. The second-order valence-corrected chi connectivity index (χ2v) is 27.3. The number of benzene rings is 3. The molecule has 0 unspecified atom stereocenters. The maximum Gasteiger partial charge on any atom is -0.172 e. The molecule has 3 heteroatoms. The van der Waals surface area contributed by atoms with Crippen LogP contribution in [-0.4, -0.2) is 3.26 Å². The third kappa shape index (κ3) is 9.42. The Hall–Kier alpha value is -1.80. The van der Waals surface area contributed by atoms with Gasteiger partial charge in [0, 0.05) is 0 Å². The molecule has 0 bridgehead atoms. The monoisotopic (exact) mass is 820 g/mol. The van der Waals surface area contributed by atoms with Crippen molar-refractivity contribution in [2.24, 2.45) is 5.92 Å². The maximum atomic E-state index is 6.49. The van der Waals surface area contributed by atoms with E-state index in [4.69, 9.17) is 17.2 Å². The van der Waals surface area contributed by atoms with Gasteiger partial charge in [0.25, 0.3) is 0 Å². The fourth-order valence-corrected chi connectivity index (χ4v) is 13.7. The van der Waals surface area contributed by atoms with Gasteiger partial charge in [-0.3, -0.25) is 0 Å². The van der Waals surface area contributed by atoms with Gasteiger partial charge in [-0.2, -0.15) is 18.2 Å². The summed E-state index contributed by atoms with van der Waals surface area (Å²) in [5, 5.41) is 5.48. The number of fused-ring (bicyclic) bond motifs is 3. The van der Waals surface area contributed by atoms with Crippen LogP contribution in [0.2, 0.25) is 0 Å². The third-order valence-corrected chi connectivity index (χ3v) is 16.6. The summed E-state index contributed by atoms with van der Waals surface area (Å²) in [6.45, 7) is 22.7. The van der Waals surface area contributed by atoms with E-state index in [2.05, 4.69) is 130 Å². The first-order chi connectivity index (χ1) is 21.6. The molecule has 46 heavy (non-hydrogen) atoms. The van der Waals surface area contributed by atoms with Crippen LogP contribution < -0.4 is 0 Å². The zero-order chi connectivity index (χ0) is 33.8. The van der Waals surface area contributed by atoms with Crippen molar-refractivity contribution >= 4 is 42.0 Å². The van der Waals surface area contributed by atoms with E-state index >= 15 is 0 Å². The summed E-state index contributed by atoms with van der Waals surface area (Å²) in [5.41, 5.74) is 7.41. The number of rotatable bonds is 4. The predicted octanol–water partition coefficient (Wildman–Crippen LogP) is 13.9. The summed E-state index contributed by atoms with van der Waals surface area (Å²) in [4.78, 5) is 0. The van der Waals surface area contributed by atoms with Crippen molar-refractivity contribution < 1.29 is 18.6 Å². The SMILES string of the molecule is CC(C)(C)c1ccc2c(c1)[cH-]c1cc(C(C)(C)C)ccc12.CC(C)c1cc([C](C2CCC2)=[Hf]([Cl])[Cl])cc(C(C)C)c1.c1cc[cH-]c1. The van der Waals surface area contributed by atoms with E-state index in [1.807, 2.05) is 30.3 Å². The smallest absolute Gasteiger partial charge is 0.172 e. The standard InChI is InChI=1S/C21H25.C17H24.C5H5.2ClH.Hf/c1-20(2,3)16-7-9-18-14(12-16)11-15-13-17(21(4,5)6)8-10-19(15)18;1-12(2)16-9-15(8-14-6-5-7-14)10-17(11-16)13(3)4;1-2-4-5-3-1;;;/h7-13H,1-6H3;9-14H,5-7H2,1-4H3;1-5H;2*1H;/q-1;;-1;;;+2/p-2. The fourth-order valence-electron chi connectivity index (χ4n) is 5.97. The van der Waals surface area contributed by atoms with Gasteiger partial charge in [0.15, 0.2) is 0 Å². The first-order valence-electron chi connectivity index (χ1n) is 17.1. The molecule has 1 fully saturated rings. The topological polar surface area (TPSA) is 0 Å². The molecule has 5 aromatic carbocycles. The molecule has 0 nitrogen and oxygen atoms in total. The minimum atomic E-state index is -2.52. The zero-order valence-corrected chi connectivity index (χ0v) is 34.9. The van der Waals surface area contributed by atoms with E-state index in [9.17, 15) is 0 Å². The van der Waals surface area contributed by atoms with Gasteiger partial charge in [-0.25, -0.2) is 12.1 Å². The third-order valence-electron chi connectivity index (χ3n) is 9.33. The summed E-state index contributed by atoms with van der Waals surface area (Å²) < 4.78 is 1.45. The van der Waals surface area contributed by atoms with Crippen molar-refractivity contribution in [2.45, 2.75) is 111 Å². The molecule has 0 spiro atoms. The molecule has 0 N–H and O–H groups in total. The molecule has 0 atom stereocenters. The molecule has 0 aromatic heterocycles. The van der Waals surface area contributed by atoms with Gasteiger partial charge >= 0.3 is 139 Å². The first-order valence-corrected chi connectivity index (χ1v) is 27.8. The van der Waals surface area contributed by atoms with Crippen LogP contribution in [0.3, 0.4) is 0 Å². The molecule has 1 aliphatic rings. The van der Waals surface area contributed by atoms with Crippen LogP contribution in [0.15, 0.2) is 91.0 Å². The number of halogens is 2. The first kappa shape index (κ1) is 37.0. The van der Waals surface area contributed by atoms with Crippen molar-refractivity contribution in [3.8, 4) is 0 Å². The van der Waals surface area contributed by atoms with Crippen molar-refractivity contribution in [1.29, 1.82) is 0 Å². The van der Waals surface area contributed by atoms with Crippen molar-refractivity contribution in [3.63, 3.8) is 0 Å². The van der Waals surface area contributed by atoms with Gasteiger partial charge in [-0.05, 0) is 10.8 Å². The van der Waals surface area contributed by atoms with Gasteiger partial charge in [0.05, 0.1) is 0 Å². The molecule has 246 valence electrons. The normalized spacial score (nSPS) is 13.7. The Kier molecular flexibility index (Phi) is 12.6. The van der Waals surface area contributed by atoms with Gasteiger partial charge in [-0.15, -0.1) is 39.7 Å². The van der Waals surface area contributed by atoms with Crippen molar-refractivity contribution in [3.05, 3.63) is 119 Å². The molecule has 0 heterocycles. The Morgan fingerprint density at radius 2 is 1.15 bits per heavy atom. The van der Waals surface area contributed by atoms with Crippen LogP contribution in [0.4, 0.5) is 0 Å². The molecule has 5 aromatic rings. The van der Waals surface area contributed by atoms with E-state index < -0.39 is 18.6 Å². The van der Waals surface area contributed by atoms with E-state index in [1.54, 1.807) is 0 Å². The molecule has 1 aliphatic carbocycles. The van der Waals surface area contributed by atoms with Gasteiger partial charge in [-0.1, -0.05) is 76.9 Å². The van der Waals surface area contributed by atoms with Crippen molar-refractivity contribution in [2.75, 3.05) is 0 Å². The van der Waals surface area contributed by atoms with E-state index in [1.165, 1.54) is 71.9 Å². The molecule has 6 rings (SSSR count). The summed E-state index contributed by atoms with van der Waals surface area (Å²) in [6.07, 6.45) is 3.90. The summed E-state index contributed by atoms with van der Waals surface area (Å²) in [7, 11) is 13.0. The summed E-state index contributed by atoms with van der Waals surface area (Å²) in [5.74, 6) is 1.78. The summed E-state index contributed by atoms with van der Waals surface area (Å²) in [6, 6.07) is 33.2. The van der Waals surface area contributed by atoms with Crippen molar-refractivity contribution in [1.82, 2.24) is 0 Å². The maximum absolute atomic E-state index is 6.49. The zero-order valence-electron chi connectivity index (χ0n) is 29.8. The number of hydrogen-bond donors (Lipinski definition) is 0. The minimum Gasteiger partial charge on any atom is -0.214 e. The summed E-state index contributed by atoms with van der Waals surface area (Å²) >= 11 is -2.52. The quantitative estimate of drug-likeness (QED) is 0.125. The molecule has 1 saturated carbocycles. The Bertz CT molecular complexity index is 1630. The Morgan fingerprint density at radius 3 is 1.46 bits per heavy atom. The van der Waals surface area contributed by atoms with E-state index in [-0.39, 0.29) is 10.8 Å². The largest absolute Gasteiger partial charge is 0.214 e. The molecule has 0 saturated heterocycles. The fraction of sp³-hybridized carbons (Fsp3) is 0.419.